The molecule has 1 aromatic carbocycles. The minimum Gasteiger partial charge on any atom is -0.459 e. The molecule has 1 saturated heterocycles. The first-order valence-electron chi connectivity index (χ1n) is 9.04. The lowest BCUT2D eigenvalue weighted by molar-refractivity contribution is 0.0710. The highest BCUT2D eigenvalue weighted by Gasteiger charge is 2.30. The van der Waals surface area contributed by atoms with Crippen LogP contribution >= 0.6 is 0 Å². The summed E-state index contributed by atoms with van der Waals surface area (Å²) >= 11 is 0. The van der Waals surface area contributed by atoms with Crippen molar-refractivity contribution in [2.24, 2.45) is 0 Å². The number of para-hydroxylation sites is 1. The van der Waals surface area contributed by atoms with E-state index in [1.807, 2.05) is 18.0 Å². The van der Waals surface area contributed by atoms with Crippen molar-refractivity contribution < 1.29 is 9.21 Å². The van der Waals surface area contributed by atoms with E-state index in [1.54, 1.807) is 6.26 Å². The molecule has 1 amide bonds. The van der Waals surface area contributed by atoms with Crippen molar-refractivity contribution in [2.75, 3.05) is 25.0 Å². The van der Waals surface area contributed by atoms with Crippen molar-refractivity contribution in [1.82, 2.24) is 10.2 Å². The number of carbonyl (C=O) groups is 1. The summed E-state index contributed by atoms with van der Waals surface area (Å²) < 4.78 is 5.60. The highest BCUT2D eigenvalue weighted by atomic mass is 16.3. The fourth-order valence-electron chi connectivity index (χ4n) is 4.00. The van der Waals surface area contributed by atoms with Gasteiger partial charge in [-0.3, -0.25) is 4.79 Å². The normalized spacial score (nSPS) is 22.2. The van der Waals surface area contributed by atoms with Crippen LogP contribution < -0.4 is 10.2 Å². The minimum absolute atomic E-state index is 0.0196. The molecule has 0 aliphatic carbocycles. The smallest absolute Gasteiger partial charge is 0.289 e. The zero-order chi connectivity index (χ0) is 17.4. The fraction of sp³-hybridized carbons (Fsp3) is 0.450. The second kappa shape index (κ2) is 6.56. The van der Waals surface area contributed by atoms with E-state index in [9.17, 15) is 4.79 Å². The number of benzene rings is 1. The zero-order valence-electron chi connectivity index (χ0n) is 14.9. The van der Waals surface area contributed by atoms with E-state index in [0.29, 0.717) is 18.3 Å². The average molecular weight is 339 g/mol. The SMILES string of the molecule is CC1Cc2ccccc2N1Cc1ccoc1C(=O)N(C)C1CCNC1. The van der Waals surface area contributed by atoms with Crippen LogP contribution in [0.1, 0.15) is 35.0 Å². The van der Waals surface area contributed by atoms with Crippen LogP contribution in [-0.2, 0) is 13.0 Å². The van der Waals surface area contributed by atoms with Crippen LogP contribution in [0.15, 0.2) is 41.0 Å². The number of nitrogens with one attached hydrogen (secondary N) is 1. The standard InChI is InChI=1S/C20H25N3O2/c1-14-11-15-5-3-4-6-18(15)23(14)13-16-8-10-25-19(16)20(24)22(2)17-7-9-21-12-17/h3-6,8,10,14,17,21H,7,9,11-13H2,1-2H3. The molecule has 2 aliphatic heterocycles. The molecule has 0 bridgehead atoms. The molecule has 3 heterocycles. The van der Waals surface area contributed by atoms with Crippen LogP contribution in [0.25, 0.3) is 0 Å². The topological polar surface area (TPSA) is 48.7 Å². The number of likely N-dealkylation sites (N-methyl/N-ethyl adjacent to an activating group) is 1. The number of nitrogens with zero attached hydrogens (tertiary/aromatic N) is 2. The number of furan rings is 1. The average Bonchev–Trinajstić information content (AvgIpc) is 3.35. The van der Waals surface area contributed by atoms with E-state index in [-0.39, 0.29) is 11.9 Å². The van der Waals surface area contributed by atoms with E-state index < -0.39 is 0 Å². The molecule has 1 aromatic heterocycles. The lowest BCUT2D eigenvalue weighted by atomic mass is 10.1. The summed E-state index contributed by atoms with van der Waals surface area (Å²) in [4.78, 5) is 17.1. The van der Waals surface area contributed by atoms with Crippen molar-refractivity contribution >= 4 is 11.6 Å². The van der Waals surface area contributed by atoms with E-state index in [4.69, 9.17) is 4.42 Å². The maximum Gasteiger partial charge on any atom is 0.289 e. The Bertz CT molecular complexity index is 764. The van der Waals surface area contributed by atoms with Crippen molar-refractivity contribution in [2.45, 2.75) is 38.4 Å². The number of anilines is 1. The van der Waals surface area contributed by atoms with Gasteiger partial charge in [-0.25, -0.2) is 0 Å². The molecule has 5 heteroatoms. The molecular weight excluding hydrogens is 314 g/mol. The van der Waals surface area contributed by atoms with Gasteiger partial charge in [0, 0.05) is 43.5 Å². The molecule has 0 spiro atoms. The van der Waals surface area contributed by atoms with Gasteiger partial charge in [0.05, 0.1) is 6.26 Å². The Hall–Kier alpha value is -2.27. The Morgan fingerprint density at radius 2 is 2.20 bits per heavy atom. The third-order valence-corrected chi connectivity index (χ3v) is 5.53. The molecule has 5 nitrogen and oxygen atoms in total. The van der Waals surface area contributed by atoms with Crippen molar-refractivity contribution in [3.63, 3.8) is 0 Å². The van der Waals surface area contributed by atoms with Gasteiger partial charge in [-0.15, -0.1) is 0 Å². The number of amides is 1. The quantitative estimate of drug-likeness (QED) is 0.930. The summed E-state index contributed by atoms with van der Waals surface area (Å²) in [7, 11) is 1.88. The van der Waals surface area contributed by atoms with Gasteiger partial charge in [0.2, 0.25) is 0 Å². The van der Waals surface area contributed by atoms with Gasteiger partial charge in [-0.05, 0) is 44.0 Å². The highest BCUT2D eigenvalue weighted by Crippen LogP contribution is 2.33. The molecule has 132 valence electrons. The van der Waals surface area contributed by atoms with Crippen molar-refractivity contribution in [3.05, 3.63) is 53.5 Å². The molecule has 2 atom stereocenters. The Morgan fingerprint density at radius 3 is 3.00 bits per heavy atom. The number of fused-ring (bicyclic) bond motifs is 1. The summed E-state index contributed by atoms with van der Waals surface area (Å²) in [5.74, 6) is 0.458. The Kier molecular flexibility index (Phi) is 4.25. The summed E-state index contributed by atoms with van der Waals surface area (Å²) in [6.07, 6.45) is 3.68. The first kappa shape index (κ1) is 16.2. The summed E-state index contributed by atoms with van der Waals surface area (Å²) in [5, 5.41) is 3.31. The second-order valence-corrected chi connectivity index (χ2v) is 7.15. The predicted molar refractivity (Wildman–Crippen MR) is 97.9 cm³/mol. The molecular formula is C20H25N3O2. The number of carbonyl (C=O) groups excluding carboxylic acids is 1. The Morgan fingerprint density at radius 1 is 1.36 bits per heavy atom. The molecule has 4 rings (SSSR count). The van der Waals surface area contributed by atoms with Crippen LogP contribution in [0.5, 0.6) is 0 Å². The Balaban J connectivity index is 1.55. The molecule has 0 saturated carbocycles. The maximum atomic E-state index is 12.9. The molecule has 0 radical (unpaired) electrons. The minimum atomic E-state index is -0.0196. The number of rotatable bonds is 4. The molecule has 1 fully saturated rings. The maximum absolute atomic E-state index is 12.9. The van der Waals surface area contributed by atoms with Crippen molar-refractivity contribution in [1.29, 1.82) is 0 Å². The largest absolute Gasteiger partial charge is 0.459 e. The molecule has 2 aliphatic rings. The highest BCUT2D eigenvalue weighted by molar-refractivity contribution is 5.93. The molecule has 1 N–H and O–H groups in total. The van der Waals surface area contributed by atoms with E-state index in [2.05, 4.69) is 41.4 Å². The summed E-state index contributed by atoms with van der Waals surface area (Å²) in [5.41, 5.74) is 3.61. The van der Waals surface area contributed by atoms with E-state index in [1.165, 1.54) is 11.3 Å². The third-order valence-electron chi connectivity index (χ3n) is 5.53. The van der Waals surface area contributed by atoms with Crippen LogP contribution in [0, 0.1) is 0 Å². The van der Waals surface area contributed by atoms with Crippen LogP contribution in [-0.4, -0.2) is 43.0 Å². The van der Waals surface area contributed by atoms with Gasteiger partial charge in [0.15, 0.2) is 5.76 Å². The van der Waals surface area contributed by atoms with Crippen molar-refractivity contribution in [3.8, 4) is 0 Å². The number of hydrogen-bond acceptors (Lipinski definition) is 4. The van der Waals surface area contributed by atoms with E-state index >= 15 is 0 Å². The lowest BCUT2D eigenvalue weighted by Crippen LogP contribution is -2.39. The lowest BCUT2D eigenvalue weighted by Gasteiger charge is -2.26. The first-order chi connectivity index (χ1) is 12.1. The van der Waals surface area contributed by atoms with Crippen LogP contribution in [0.3, 0.4) is 0 Å². The molecule has 2 aromatic rings. The number of hydrogen-bond donors (Lipinski definition) is 1. The van der Waals surface area contributed by atoms with E-state index in [0.717, 1.165) is 31.5 Å². The summed E-state index contributed by atoms with van der Waals surface area (Å²) in [6, 6.07) is 11.1. The van der Waals surface area contributed by atoms with Gasteiger partial charge >= 0.3 is 0 Å². The van der Waals surface area contributed by atoms with Gasteiger partial charge in [-0.1, -0.05) is 18.2 Å². The Labute approximate surface area is 148 Å². The summed E-state index contributed by atoms with van der Waals surface area (Å²) in [6.45, 7) is 4.76. The second-order valence-electron chi connectivity index (χ2n) is 7.15. The molecule has 25 heavy (non-hydrogen) atoms. The molecule has 2 unspecified atom stereocenters. The van der Waals surface area contributed by atoms with Gasteiger partial charge in [0.25, 0.3) is 5.91 Å². The van der Waals surface area contributed by atoms with Crippen LogP contribution in [0.4, 0.5) is 5.69 Å². The third kappa shape index (κ3) is 2.93. The fourth-order valence-corrected chi connectivity index (χ4v) is 4.00. The van der Waals surface area contributed by atoms with Crippen LogP contribution in [0.2, 0.25) is 0 Å². The zero-order valence-corrected chi connectivity index (χ0v) is 14.9. The first-order valence-corrected chi connectivity index (χ1v) is 9.04. The monoisotopic (exact) mass is 339 g/mol. The van der Waals surface area contributed by atoms with Gasteiger partial charge < -0.3 is 19.5 Å². The van der Waals surface area contributed by atoms with Gasteiger partial charge in [0.1, 0.15) is 0 Å². The van der Waals surface area contributed by atoms with Gasteiger partial charge in [-0.2, -0.15) is 0 Å². The predicted octanol–water partition coefficient (Wildman–Crippen LogP) is 2.66.